The second kappa shape index (κ2) is 6.78. The zero-order valence-electron chi connectivity index (χ0n) is 11.2. The Morgan fingerprint density at radius 1 is 1.40 bits per heavy atom. The van der Waals surface area contributed by atoms with E-state index in [1.165, 1.54) is 0 Å². The van der Waals surface area contributed by atoms with E-state index >= 15 is 0 Å². The van der Waals surface area contributed by atoms with Gasteiger partial charge in [0.1, 0.15) is 11.6 Å². The molecular formula is C14H17BrN4O. The lowest BCUT2D eigenvalue weighted by molar-refractivity contribution is 0.140. The molecule has 0 aliphatic carbocycles. The number of aromatic nitrogens is 2. The molecule has 0 aliphatic rings. The highest BCUT2D eigenvalue weighted by Crippen LogP contribution is 2.23. The molecule has 0 spiro atoms. The fourth-order valence-electron chi connectivity index (χ4n) is 2.04. The number of hydrogen-bond donors (Lipinski definition) is 2. The van der Waals surface area contributed by atoms with Crippen LogP contribution < -0.4 is 5.73 Å². The Hall–Kier alpha value is -1.50. The van der Waals surface area contributed by atoms with Gasteiger partial charge in [0.25, 0.3) is 0 Å². The first kappa shape index (κ1) is 14.9. The van der Waals surface area contributed by atoms with E-state index in [0.717, 1.165) is 10.0 Å². The highest BCUT2D eigenvalue weighted by Gasteiger charge is 2.17. The Labute approximate surface area is 126 Å². The van der Waals surface area contributed by atoms with Gasteiger partial charge in [-0.3, -0.25) is 4.90 Å². The van der Waals surface area contributed by atoms with Crippen LogP contribution in [-0.2, 0) is 6.54 Å². The van der Waals surface area contributed by atoms with Gasteiger partial charge in [0.15, 0.2) is 0 Å². The van der Waals surface area contributed by atoms with Gasteiger partial charge in [-0.25, -0.2) is 9.97 Å². The van der Waals surface area contributed by atoms with Crippen LogP contribution in [-0.4, -0.2) is 33.6 Å². The third-order valence-corrected chi connectivity index (χ3v) is 3.55. The van der Waals surface area contributed by atoms with Crippen molar-refractivity contribution in [2.45, 2.75) is 12.6 Å². The predicted octanol–water partition coefficient (Wildman–Crippen LogP) is 1.99. The molecule has 6 heteroatoms. The van der Waals surface area contributed by atoms with E-state index in [4.69, 9.17) is 5.73 Å². The number of benzene rings is 1. The minimum Gasteiger partial charge on any atom is -0.394 e. The molecule has 1 atom stereocenters. The van der Waals surface area contributed by atoms with Crippen LogP contribution in [0.5, 0.6) is 0 Å². The minimum absolute atomic E-state index is 0.0231. The van der Waals surface area contributed by atoms with Crippen LogP contribution in [0.3, 0.4) is 0 Å². The van der Waals surface area contributed by atoms with E-state index in [2.05, 4.69) is 25.9 Å². The van der Waals surface area contributed by atoms with Crippen molar-refractivity contribution < 1.29 is 5.11 Å². The normalized spacial score (nSPS) is 12.6. The number of rotatable bonds is 5. The number of nitrogen functional groups attached to an aromatic ring is 1. The molecule has 1 unspecified atom stereocenters. The average molecular weight is 337 g/mol. The summed E-state index contributed by atoms with van der Waals surface area (Å²) < 4.78 is 0.988. The number of aliphatic hydroxyl groups excluding tert-OH is 1. The van der Waals surface area contributed by atoms with Crippen LogP contribution in [0.1, 0.15) is 17.4 Å². The Morgan fingerprint density at radius 2 is 2.20 bits per heavy atom. The van der Waals surface area contributed by atoms with Gasteiger partial charge in [-0.05, 0) is 30.8 Å². The third-order valence-electron chi connectivity index (χ3n) is 3.06. The summed E-state index contributed by atoms with van der Waals surface area (Å²) in [6, 6.07) is 9.44. The highest BCUT2D eigenvalue weighted by atomic mass is 79.9. The number of nitrogens with two attached hydrogens (primary N) is 1. The van der Waals surface area contributed by atoms with E-state index in [9.17, 15) is 5.11 Å². The Bertz CT molecular complexity index is 579. The van der Waals surface area contributed by atoms with Crippen LogP contribution in [0, 0.1) is 0 Å². The molecule has 2 rings (SSSR count). The summed E-state index contributed by atoms with van der Waals surface area (Å²) in [5, 5.41) is 9.65. The average Bonchev–Trinajstić information content (AvgIpc) is 2.39. The van der Waals surface area contributed by atoms with Crippen molar-refractivity contribution in [2.24, 2.45) is 0 Å². The van der Waals surface area contributed by atoms with Crippen molar-refractivity contribution >= 4 is 21.7 Å². The van der Waals surface area contributed by atoms with Crippen LogP contribution >= 0.6 is 15.9 Å². The number of nitrogens with zero attached hydrogens (tertiary/aromatic N) is 3. The van der Waals surface area contributed by atoms with Crippen LogP contribution in [0.25, 0.3) is 0 Å². The second-order valence-corrected chi connectivity index (χ2v) is 5.48. The maximum Gasteiger partial charge on any atom is 0.144 e. The molecule has 0 bridgehead atoms. The lowest BCUT2D eigenvalue weighted by Gasteiger charge is -2.26. The SMILES string of the molecule is CN(Cc1nccc(N)n1)C(CO)c1cccc(Br)c1. The molecule has 0 fully saturated rings. The van der Waals surface area contributed by atoms with Crippen molar-refractivity contribution in [3.05, 3.63) is 52.4 Å². The van der Waals surface area contributed by atoms with Crippen molar-refractivity contribution in [1.82, 2.24) is 14.9 Å². The van der Waals surface area contributed by atoms with Crippen LogP contribution in [0.2, 0.25) is 0 Å². The Morgan fingerprint density at radius 3 is 2.85 bits per heavy atom. The maximum atomic E-state index is 9.65. The smallest absolute Gasteiger partial charge is 0.144 e. The largest absolute Gasteiger partial charge is 0.394 e. The second-order valence-electron chi connectivity index (χ2n) is 4.57. The summed E-state index contributed by atoms with van der Waals surface area (Å²) in [5.41, 5.74) is 6.68. The number of aliphatic hydroxyl groups is 1. The molecule has 0 amide bonds. The molecule has 106 valence electrons. The van der Waals surface area contributed by atoms with Gasteiger partial charge in [-0.1, -0.05) is 28.1 Å². The summed E-state index contributed by atoms with van der Waals surface area (Å²) in [5.74, 6) is 1.09. The molecule has 0 saturated heterocycles. The minimum atomic E-state index is -0.113. The molecule has 1 heterocycles. The van der Waals surface area contributed by atoms with Gasteiger partial charge in [-0.15, -0.1) is 0 Å². The monoisotopic (exact) mass is 336 g/mol. The van der Waals surface area contributed by atoms with E-state index in [1.54, 1.807) is 12.3 Å². The fraction of sp³-hybridized carbons (Fsp3) is 0.286. The quantitative estimate of drug-likeness (QED) is 0.873. The highest BCUT2D eigenvalue weighted by molar-refractivity contribution is 9.10. The molecule has 0 aliphatic heterocycles. The summed E-state index contributed by atoms with van der Waals surface area (Å²) in [6.45, 7) is 0.540. The molecule has 1 aromatic heterocycles. The first-order valence-electron chi connectivity index (χ1n) is 6.24. The topological polar surface area (TPSA) is 75.3 Å². The van der Waals surface area contributed by atoms with E-state index < -0.39 is 0 Å². The van der Waals surface area contributed by atoms with Gasteiger partial charge in [0.2, 0.25) is 0 Å². The van der Waals surface area contributed by atoms with E-state index in [-0.39, 0.29) is 12.6 Å². The summed E-state index contributed by atoms with van der Waals surface area (Å²) in [4.78, 5) is 10.4. The number of hydrogen-bond acceptors (Lipinski definition) is 5. The van der Waals surface area contributed by atoms with Gasteiger partial charge >= 0.3 is 0 Å². The molecule has 0 radical (unpaired) electrons. The van der Waals surface area contributed by atoms with Crippen molar-refractivity contribution in [3.8, 4) is 0 Å². The summed E-state index contributed by atoms with van der Waals surface area (Å²) >= 11 is 3.44. The first-order valence-corrected chi connectivity index (χ1v) is 7.03. The zero-order valence-corrected chi connectivity index (χ0v) is 12.8. The summed E-state index contributed by atoms with van der Waals surface area (Å²) in [7, 11) is 1.92. The van der Waals surface area contributed by atoms with Crippen molar-refractivity contribution in [2.75, 3.05) is 19.4 Å². The lowest BCUT2D eigenvalue weighted by atomic mass is 10.1. The molecule has 3 N–H and O–H groups in total. The lowest BCUT2D eigenvalue weighted by Crippen LogP contribution is -2.27. The molecule has 5 nitrogen and oxygen atoms in total. The number of anilines is 1. The molecule has 0 saturated carbocycles. The summed E-state index contributed by atoms with van der Waals surface area (Å²) in [6.07, 6.45) is 1.64. The predicted molar refractivity (Wildman–Crippen MR) is 81.9 cm³/mol. The van der Waals surface area contributed by atoms with E-state index in [0.29, 0.717) is 18.2 Å². The molecule has 2 aromatic rings. The van der Waals surface area contributed by atoms with Crippen molar-refractivity contribution in [3.63, 3.8) is 0 Å². The fourth-order valence-corrected chi connectivity index (χ4v) is 2.45. The number of likely N-dealkylation sites (N-methyl/N-ethyl adjacent to an activating group) is 1. The van der Waals surface area contributed by atoms with Gasteiger partial charge in [-0.2, -0.15) is 0 Å². The van der Waals surface area contributed by atoms with Crippen LogP contribution in [0.4, 0.5) is 5.82 Å². The Kier molecular flexibility index (Phi) is 5.05. The third kappa shape index (κ3) is 3.75. The molecule has 1 aromatic carbocycles. The van der Waals surface area contributed by atoms with E-state index in [1.807, 2.05) is 36.2 Å². The standard InChI is InChI=1S/C14H17BrN4O/c1-19(8-14-17-6-5-13(16)18-14)12(9-20)10-3-2-4-11(15)7-10/h2-7,12,20H,8-9H2,1H3,(H2,16,17,18). The maximum absolute atomic E-state index is 9.65. The van der Waals surface area contributed by atoms with Gasteiger partial charge < -0.3 is 10.8 Å². The molecule has 20 heavy (non-hydrogen) atoms. The zero-order chi connectivity index (χ0) is 14.5. The van der Waals surface area contributed by atoms with Gasteiger partial charge in [0.05, 0.1) is 19.2 Å². The van der Waals surface area contributed by atoms with Crippen molar-refractivity contribution in [1.29, 1.82) is 0 Å². The first-order chi connectivity index (χ1) is 9.60. The van der Waals surface area contributed by atoms with Gasteiger partial charge in [0, 0.05) is 10.7 Å². The van der Waals surface area contributed by atoms with Crippen LogP contribution in [0.15, 0.2) is 41.0 Å². The molecular weight excluding hydrogens is 320 g/mol. The number of halogens is 1. The Balaban J connectivity index is 2.15.